The molecule has 1 atom stereocenters. The SMILES string of the molecule is Cc1nc(C(F)(F)F)ccc1C(=O)N1CCC[NH+](Cc2ccc(Cl)c(Cl)c2)CC1. The summed E-state index contributed by atoms with van der Waals surface area (Å²) >= 11 is 12.0. The highest BCUT2D eigenvalue weighted by atomic mass is 35.5. The van der Waals surface area contributed by atoms with Gasteiger partial charge >= 0.3 is 6.18 Å². The van der Waals surface area contributed by atoms with Crippen molar-refractivity contribution in [2.45, 2.75) is 26.1 Å². The number of carbonyl (C=O) groups is 1. The Kier molecular flexibility index (Phi) is 6.71. The molecule has 3 rings (SSSR count). The lowest BCUT2D eigenvalue weighted by Crippen LogP contribution is -3.11. The van der Waals surface area contributed by atoms with Gasteiger partial charge in [-0.05, 0) is 31.2 Å². The van der Waals surface area contributed by atoms with Crippen LogP contribution in [0.25, 0.3) is 0 Å². The molecule has 2 heterocycles. The van der Waals surface area contributed by atoms with Crippen molar-refractivity contribution < 1.29 is 22.9 Å². The number of benzene rings is 1. The monoisotopic (exact) mass is 446 g/mol. The topological polar surface area (TPSA) is 37.6 Å². The maximum atomic E-state index is 12.8. The van der Waals surface area contributed by atoms with Crippen LogP contribution in [0.5, 0.6) is 0 Å². The fourth-order valence-corrected chi connectivity index (χ4v) is 3.80. The zero-order chi connectivity index (χ0) is 21.2. The summed E-state index contributed by atoms with van der Waals surface area (Å²) in [5.41, 5.74) is 0.386. The van der Waals surface area contributed by atoms with E-state index in [1.54, 1.807) is 11.0 Å². The Labute approximate surface area is 177 Å². The van der Waals surface area contributed by atoms with Crippen LogP contribution in [-0.2, 0) is 12.7 Å². The van der Waals surface area contributed by atoms with Crippen LogP contribution >= 0.6 is 23.2 Å². The van der Waals surface area contributed by atoms with Gasteiger partial charge in [0.05, 0.1) is 40.9 Å². The average molecular weight is 447 g/mol. The van der Waals surface area contributed by atoms with E-state index in [9.17, 15) is 18.0 Å². The van der Waals surface area contributed by atoms with Crippen LogP contribution in [0.3, 0.4) is 0 Å². The fourth-order valence-electron chi connectivity index (χ4n) is 3.48. The van der Waals surface area contributed by atoms with Gasteiger partial charge < -0.3 is 9.80 Å². The minimum Gasteiger partial charge on any atom is -0.333 e. The lowest BCUT2D eigenvalue weighted by molar-refractivity contribution is -0.911. The Bertz CT molecular complexity index is 905. The van der Waals surface area contributed by atoms with Crippen molar-refractivity contribution in [2.75, 3.05) is 26.2 Å². The Hall–Kier alpha value is -1.83. The van der Waals surface area contributed by atoms with Gasteiger partial charge in [-0.1, -0.05) is 29.3 Å². The quantitative estimate of drug-likeness (QED) is 0.781. The van der Waals surface area contributed by atoms with Gasteiger partial charge in [0.25, 0.3) is 5.91 Å². The first-order chi connectivity index (χ1) is 13.6. The van der Waals surface area contributed by atoms with E-state index in [2.05, 4.69) is 4.98 Å². The molecule has 0 aliphatic carbocycles. The predicted molar refractivity (Wildman–Crippen MR) is 105 cm³/mol. The molecule has 9 heteroatoms. The summed E-state index contributed by atoms with van der Waals surface area (Å²) in [6.45, 7) is 4.90. The number of hydrogen-bond acceptors (Lipinski definition) is 2. The molecule has 1 unspecified atom stereocenters. The van der Waals surface area contributed by atoms with Gasteiger partial charge in [0, 0.05) is 18.5 Å². The molecule has 1 aromatic heterocycles. The molecule has 1 amide bonds. The summed E-state index contributed by atoms with van der Waals surface area (Å²) in [5, 5.41) is 1.03. The highest BCUT2D eigenvalue weighted by Crippen LogP contribution is 2.28. The number of amides is 1. The van der Waals surface area contributed by atoms with E-state index in [1.807, 2.05) is 12.1 Å². The zero-order valence-electron chi connectivity index (χ0n) is 15.8. The first kappa shape index (κ1) is 21.9. The highest BCUT2D eigenvalue weighted by molar-refractivity contribution is 6.42. The smallest absolute Gasteiger partial charge is 0.333 e. The van der Waals surface area contributed by atoms with Crippen molar-refractivity contribution in [2.24, 2.45) is 0 Å². The van der Waals surface area contributed by atoms with E-state index in [1.165, 1.54) is 17.9 Å². The van der Waals surface area contributed by atoms with Crippen molar-refractivity contribution in [3.05, 3.63) is 62.9 Å². The number of aryl methyl sites for hydroxylation is 1. The molecule has 0 radical (unpaired) electrons. The molecule has 0 bridgehead atoms. The van der Waals surface area contributed by atoms with Crippen molar-refractivity contribution >= 4 is 29.1 Å². The third-order valence-electron chi connectivity index (χ3n) is 5.03. The molecule has 1 aliphatic rings. The number of nitrogens with one attached hydrogen (secondary N) is 1. The molecule has 4 nitrogen and oxygen atoms in total. The van der Waals surface area contributed by atoms with Crippen LogP contribution in [0.2, 0.25) is 10.0 Å². The van der Waals surface area contributed by atoms with Gasteiger partial charge in [-0.25, -0.2) is 4.98 Å². The van der Waals surface area contributed by atoms with Crippen molar-refractivity contribution in [3.63, 3.8) is 0 Å². The summed E-state index contributed by atoms with van der Waals surface area (Å²) in [6.07, 6.45) is -3.72. The normalized spacial score (nSPS) is 17.9. The minimum atomic E-state index is -4.52. The molecule has 1 fully saturated rings. The number of quaternary nitrogens is 1. The van der Waals surface area contributed by atoms with Gasteiger partial charge in [0.1, 0.15) is 12.2 Å². The van der Waals surface area contributed by atoms with E-state index in [-0.39, 0.29) is 17.2 Å². The number of hydrogen-bond donors (Lipinski definition) is 1. The Morgan fingerprint density at radius 2 is 1.90 bits per heavy atom. The summed E-state index contributed by atoms with van der Waals surface area (Å²) in [4.78, 5) is 19.4. The standard InChI is InChI=1S/C20H20Cl2F3N3O/c1-13-15(4-6-18(26-13)20(23,24)25)19(29)28-8-2-7-27(9-10-28)12-14-3-5-16(21)17(22)11-14/h3-6,11H,2,7-10,12H2,1H3/p+1. The summed E-state index contributed by atoms with van der Waals surface area (Å²) in [6, 6.07) is 7.64. The largest absolute Gasteiger partial charge is 0.433 e. The number of nitrogens with zero attached hydrogens (tertiary/aromatic N) is 2. The lowest BCUT2D eigenvalue weighted by atomic mass is 10.1. The summed E-state index contributed by atoms with van der Waals surface area (Å²) < 4.78 is 38.4. The fraction of sp³-hybridized carbons (Fsp3) is 0.400. The third-order valence-corrected chi connectivity index (χ3v) is 5.76. The third kappa shape index (κ3) is 5.41. The van der Waals surface area contributed by atoms with E-state index in [0.717, 1.165) is 37.7 Å². The first-order valence-corrected chi connectivity index (χ1v) is 10.0. The van der Waals surface area contributed by atoms with Gasteiger partial charge in [0.2, 0.25) is 0 Å². The van der Waals surface area contributed by atoms with E-state index >= 15 is 0 Å². The van der Waals surface area contributed by atoms with Crippen molar-refractivity contribution in [1.82, 2.24) is 9.88 Å². The van der Waals surface area contributed by atoms with Crippen molar-refractivity contribution in [1.29, 1.82) is 0 Å². The lowest BCUT2D eigenvalue weighted by Gasteiger charge is -2.21. The van der Waals surface area contributed by atoms with Crippen LogP contribution in [0.15, 0.2) is 30.3 Å². The molecular weight excluding hydrogens is 426 g/mol. The molecule has 1 aromatic carbocycles. The number of halogens is 5. The van der Waals surface area contributed by atoms with Crippen LogP contribution in [0.4, 0.5) is 13.2 Å². The molecule has 0 saturated carbocycles. The molecule has 1 N–H and O–H groups in total. The van der Waals surface area contributed by atoms with Crippen LogP contribution < -0.4 is 4.90 Å². The Morgan fingerprint density at radius 3 is 2.55 bits per heavy atom. The zero-order valence-corrected chi connectivity index (χ0v) is 17.3. The van der Waals surface area contributed by atoms with E-state index in [4.69, 9.17) is 23.2 Å². The van der Waals surface area contributed by atoms with Gasteiger partial charge in [0.15, 0.2) is 0 Å². The van der Waals surface area contributed by atoms with Gasteiger partial charge in [-0.2, -0.15) is 13.2 Å². The second-order valence-corrected chi connectivity index (χ2v) is 7.96. The molecule has 2 aromatic rings. The predicted octanol–water partition coefficient (Wildman–Crippen LogP) is 3.65. The van der Waals surface area contributed by atoms with E-state index in [0.29, 0.717) is 23.1 Å². The Balaban J connectivity index is 1.66. The number of alkyl halides is 3. The van der Waals surface area contributed by atoms with Gasteiger partial charge in [-0.3, -0.25) is 4.79 Å². The molecule has 156 valence electrons. The van der Waals surface area contributed by atoms with Crippen LogP contribution in [0, 0.1) is 6.92 Å². The second kappa shape index (κ2) is 8.90. The van der Waals surface area contributed by atoms with E-state index < -0.39 is 11.9 Å². The average Bonchev–Trinajstić information content (AvgIpc) is 2.89. The molecule has 1 aliphatic heterocycles. The molecular formula is C20H21Cl2F3N3O+. The summed E-state index contributed by atoms with van der Waals surface area (Å²) in [7, 11) is 0. The minimum absolute atomic E-state index is 0.0917. The number of carbonyl (C=O) groups excluding carboxylic acids is 1. The van der Waals surface area contributed by atoms with Crippen LogP contribution in [-0.4, -0.2) is 42.0 Å². The van der Waals surface area contributed by atoms with Crippen molar-refractivity contribution in [3.8, 4) is 0 Å². The highest BCUT2D eigenvalue weighted by Gasteiger charge is 2.33. The maximum absolute atomic E-state index is 12.8. The number of rotatable bonds is 3. The first-order valence-electron chi connectivity index (χ1n) is 9.27. The molecule has 29 heavy (non-hydrogen) atoms. The van der Waals surface area contributed by atoms with Crippen LogP contribution in [0.1, 0.15) is 33.7 Å². The second-order valence-electron chi connectivity index (χ2n) is 7.15. The number of pyridine rings is 1. The summed E-state index contributed by atoms with van der Waals surface area (Å²) in [5.74, 6) is -0.278. The Morgan fingerprint density at radius 1 is 1.14 bits per heavy atom. The molecule has 0 spiro atoms. The maximum Gasteiger partial charge on any atom is 0.433 e. The molecule has 1 saturated heterocycles. The number of aromatic nitrogens is 1. The van der Waals surface area contributed by atoms with Gasteiger partial charge in [-0.15, -0.1) is 0 Å².